The third-order valence-electron chi connectivity index (χ3n) is 5.89. The van der Waals surface area contributed by atoms with E-state index in [0.717, 1.165) is 21.9 Å². The number of nitrogens with zero attached hydrogens (tertiary/aromatic N) is 2. The number of carboxylic acid groups (broad SMARTS) is 1. The zero-order chi connectivity index (χ0) is 22.6. The van der Waals surface area contributed by atoms with Crippen LogP contribution in [0.2, 0.25) is 0 Å². The number of carbonyl (C=O) groups is 1. The molecule has 4 aromatic rings. The van der Waals surface area contributed by atoms with Gasteiger partial charge in [0.2, 0.25) is 0 Å². The second-order valence-electron chi connectivity index (χ2n) is 7.66. The summed E-state index contributed by atoms with van der Waals surface area (Å²) in [6.07, 6.45) is 3.23. The molecule has 0 radical (unpaired) electrons. The first-order valence-corrected chi connectivity index (χ1v) is 10.2. The Bertz CT molecular complexity index is 1290. The number of methoxy groups -OCH3 is 1. The molecule has 0 aliphatic carbocycles. The summed E-state index contributed by atoms with van der Waals surface area (Å²) in [5.41, 5.74) is 0.374. The van der Waals surface area contributed by atoms with Crippen molar-refractivity contribution in [2.24, 2.45) is 5.41 Å². The molecule has 1 aromatic heterocycles. The van der Waals surface area contributed by atoms with Crippen molar-refractivity contribution in [3.05, 3.63) is 108 Å². The van der Waals surface area contributed by atoms with E-state index in [4.69, 9.17) is 4.74 Å². The normalized spacial score (nSPS) is 13.6. The summed E-state index contributed by atoms with van der Waals surface area (Å²) in [4.78, 5) is 16.9. The van der Waals surface area contributed by atoms with Gasteiger partial charge in [-0.15, -0.1) is 0 Å². The van der Waals surface area contributed by atoms with Gasteiger partial charge in [0, 0.05) is 30.3 Å². The van der Waals surface area contributed by atoms with E-state index in [1.54, 1.807) is 37.7 Å². The van der Waals surface area contributed by atoms with Crippen LogP contribution in [-0.2, 0) is 11.2 Å². The number of hydrogen-bond acceptors (Lipinski definition) is 4. The van der Waals surface area contributed by atoms with Gasteiger partial charge in [0.1, 0.15) is 5.75 Å². The van der Waals surface area contributed by atoms with Gasteiger partial charge in [-0.2, -0.15) is 5.26 Å². The largest absolute Gasteiger partial charge is 0.496 e. The Kier molecular flexibility index (Phi) is 5.87. The van der Waals surface area contributed by atoms with Gasteiger partial charge in [-0.25, -0.2) is 0 Å². The Morgan fingerprint density at radius 2 is 1.66 bits per heavy atom. The molecule has 0 fully saturated rings. The third-order valence-corrected chi connectivity index (χ3v) is 5.89. The first kappa shape index (κ1) is 21.1. The van der Waals surface area contributed by atoms with Crippen LogP contribution in [0.5, 0.6) is 5.75 Å². The van der Waals surface area contributed by atoms with E-state index >= 15 is 0 Å². The lowest BCUT2D eigenvalue weighted by atomic mass is 9.65. The van der Waals surface area contributed by atoms with Crippen LogP contribution in [0.1, 0.15) is 22.6 Å². The van der Waals surface area contributed by atoms with Crippen LogP contribution in [0.3, 0.4) is 0 Å². The van der Waals surface area contributed by atoms with E-state index in [-0.39, 0.29) is 6.42 Å². The zero-order valence-corrected chi connectivity index (χ0v) is 17.6. The van der Waals surface area contributed by atoms with Crippen LogP contribution < -0.4 is 4.74 Å². The summed E-state index contributed by atoms with van der Waals surface area (Å²) in [5, 5.41) is 22.9. The van der Waals surface area contributed by atoms with Crippen LogP contribution in [-0.4, -0.2) is 23.2 Å². The molecule has 2 unspecified atom stereocenters. The second kappa shape index (κ2) is 8.91. The first-order chi connectivity index (χ1) is 15.6. The van der Waals surface area contributed by atoms with Crippen LogP contribution in [0.4, 0.5) is 0 Å². The molecule has 0 saturated carbocycles. The number of hydrogen-bond donors (Lipinski definition) is 1. The summed E-state index contributed by atoms with van der Waals surface area (Å²) in [6.45, 7) is 0. The van der Waals surface area contributed by atoms with E-state index in [1.165, 1.54) is 0 Å². The Labute approximate surface area is 186 Å². The molecule has 1 heterocycles. The van der Waals surface area contributed by atoms with Crippen LogP contribution in [0.15, 0.2) is 91.3 Å². The van der Waals surface area contributed by atoms with Gasteiger partial charge >= 0.3 is 5.97 Å². The van der Waals surface area contributed by atoms with Gasteiger partial charge in [-0.05, 0) is 40.1 Å². The summed E-state index contributed by atoms with van der Waals surface area (Å²) in [5.74, 6) is -1.41. The van der Waals surface area contributed by atoms with Crippen molar-refractivity contribution in [2.75, 3.05) is 7.11 Å². The fraction of sp³-hybridized carbons (Fsp3) is 0.148. The van der Waals surface area contributed by atoms with Crippen LogP contribution in [0, 0.1) is 16.7 Å². The zero-order valence-electron chi connectivity index (χ0n) is 17.6. The average molecular weight is 422 g/mol. The molecule has 0 amide bonds. The van der Waals surface area contributed by atoms with Crippen molar-refractivity contribution >= 4 is 16.7 Å². The van der Waals surface area contributed by atoms with E-state index in [9.17, 15) is 15.2 Å². The highest BCUT2D eigenvalue weighted by Gasteiger charge is 2.49. The molecular weight excluding hydrogens is 400 g/mol. The number of aromatic nitrogens is 1. The molecule has 158 valence electrons. The van der Waals surface area contributed by atoms with Crippen LogP contribution >= 0.6 is 0 Å². The molecule has 5 nitrogen and oxygen atoms in total. The van der Waals surface area contributed by atoms with Crippen molar-refractivity contribution in [1.29, 1.82) is 5.26 Å². The predicted molar refractivity (Wildman–Crippen MR) is 122 cm³/mol. The van der Waals surface area contributed by atoms with E-state index in [2.05, 4.69) is 11.1 Å². The first-order valence-electron chi connectivity index (χ1n) is 10.2. The van der Waals surface area contributed by atoms with Gasteiger partial charge in [0.15, 0.2) is 5.41 Å². The number of pyridine rings is 1. The van der Waals surface area contributed by atoms with Crippen molar-refractivity contribution in [1.82, 2.24) is 4.98 Å². The monoisotopic (exact) mass is 422 g/mol. The molecule has 3 aromatic carbocycles. The summed E-state index contributed by atoms with van der Waals surface area (Å²) in [6, 6.07) is 26.6. The number of aliphatic carboxylic acids is 1. The van der Waals surface area contributed by atoms with E-state index in [1.807, 2.05) is 60.7 Å². The summed E-state index contributed by atoms with van der Waals surface area (Å²) >= 11 is 0. The molecule has 0 saturated heterocycles. The predicted octanol–water partition coefficient (Wildman–Crippen LogP) is 5.21. The highest BCUT2D eigenvalue weighted by molar-refractivity contribution is 5.89. The molecule has 0 bridgehead atoms. The second-order valence-corrected chi connectivity index (χ2v) is 7.66. The summed E-state index contributed by atoms with van der Waals surface area (Å²) in [7, 11) is 1.55. The summed E-state index contributed by atoms with van der Waals surface area (Å²) < 4.78 is 5.62. The lowest BCUT2D eigenvalue weighted by Crippen LogP contribution is -2.39. The van der Waals surface area contributed by atoms with Gasteiger partial charge in [-0.1, -0.05) is 60.7 Å². The molecule has 2 atom stereocenters. The molecule has 0 aliphatic rings. The lowest BCUT2D eigenvalue weighted by molar-refractivity contribution is -0.146. The van der Waals surface area contributed by atoms with Crippen LogP contribution in [0.25, 0.3) is 10.8 Å². The smallest absolute Gasteiger partial charge is 0.325 e. The molecule has 32 heavy (non-hydrogen) atoms. The van der Waals surface area contributed by atoms with E-state index < -0.39 is 17.3 Å². The topological polar surface area (TPSA) is 83.2 Å². The third kappa shape index (κ3) is 3.67. The van der Waals surface area contributed by atoms with Gasteiger partial charge in [0.05, 0.1) is 13.2 Å². The fourth-order valence-electron chi connectivity index (χ4n) is 4.38. The number of fused-ring (bicyclic) bond motifs is 1. The minimum atomic E-state index is -1.78. The van der Waals surface area contributed by atoms with Crippen molar-refractivity contribution in [3.8, 4) is 11.8 Å². The molecule has 0 aliphatic heterocycles. The fourth-order valence-corrected chi connectivity index (χ4v) is 4.38. The number of para-hydroxylation sites is 1. The van der Waals surface area contributed by atoms with Crippen molar-refractivity contribution in [2.45, 2.75) is 12.3 Å². The maximum atomic E-state index is 12.9. The molecular formula is C27H22N2O3. The van der Waals surface area contributed by atoms with Gasteiger partial charge in [0.25, 0.3) is 0 Å². The lowest BCUT2D eigenvalue weighted by Gasteiger charge is -2.34. The number of benzene rings is 3. The molecule has 5 heteroatoms. The highest BCUT2D eigenvalue weighted by Crippen LogP contribution is 2.48. The molecule has 4 rings (SSSR count). The van der Waals surface area contributed by atoms with Gasteiger partial charge in [-0.3, -0.25) is 9.78 Å². The quantitative estimate of drug-likeness (QED) is 0.442. The Balaban J connectivity index is 2.06. The number of rotatable bonds is 7. The average Bonchev–Trinajstić information content (AvgIpc) is 2.84. The number of ether oxygens (including phenoxy) is 1. The maximum absolute atomic E-state index is 12.9. The Morgan fingerprint density at radius 3 is 2.38 bits per heavy atom. The molecule has 0 spiro atoms. The minimum absolute atomic E-state index is 0.0211. The Morgan fingerprint density at radius 1 is 1.00 bits per heavy atom. The number of nitriles is 1. The minimum Gasteiger partial charge on any atom is -0.496 e. The van der Waals surface area contributed by atoms with Crippen molar-refractivity contribution < 1.29 is 14.6 Å². The van der Waals surface area contributed by atoms with Crippen molar-refractivity contribution in [3.63, 3.8) is 0 Å². The standard InChI is InChI=1S/C27H22N2O3/c1-32-24-12-5-4-10-23(24)25(22-11-6-8-20-7-2-3-9-21(20)22)27(18-28,26(30)31)17-19-13-15-29-16-14-19/h2-16,25H,17H2,1H3,(H,30,31). The van der Waals surface area contributed by atoms with Gasteiger partial charge < -0.3 is 9.84 Å². The maximum Gasteiger partial charge on any atom is 0.325 e. The Hall–Kier alpha value is -4.17. The number of carboxylic acids is 1. The molecule has 1 N–H and O–H groups in total. The van der Waals surface area contributed by atoms with E-state index in [0.29, 0.717) is 11.3 Å². The SMILES string of the molecule is COc1ccccc1C(c1cccc2ccccc12)C(C#N)(Cc1ccncc1)C(=O)O. The highest BCUT2D eigenvalue weighted by atomic mass is 16.5.